The quantitative estimate of drug-likeness (QED) is 0.599. The number of nitrogens with two attached hydrogens (primary N) is 1. The molecule has 0 spiro atoms. The highest BCUT2D eigenvalue weighted by Crippen LogP contribution is 2.37. The van der Waals surface area contributed by atoms with Crippen molar-refractivity contribution in [3.8, 4) is 11.5 Å². The molecule has 0 aliphatic rings. The summed E-state index contributed by atoms with van der Waals surface area (Å²) in [6.45, 7) is 6.15. The molecule has 0 aliphatic heterocycles. The van der Waals surface area contributed by atoms with E-state index in [-0.39, 0.29) is 23.5 Å². The molecule has 1 aromatic rings. The predicted octanol–water partition coefficient (Wildman–Crippen LogP) is 1.85. The van der Waals surface area contributed by atoms with Gasteiger partial charge in [0.15, 0.2) is 0 Å². The number of phenolic OH excluding ortho intramolecular Hbond substituents is 2. The van der Waals surface area contributed by atoms with E-state index >= 15 is 0 Å². The van der Waals surface area contributed by atoms with Gasteiger partial charge in [0.2, 0.25) is 0 Å². The van der Waals surface area contributed by atoms with Crippen molar-refractivity contribution < 1.29 is 10.2 Å². The van der Waals surface area contributed by atoms with Crippen molar-refractivity contribution >= 4 is 0 Å². The summed E-state index contributed by atoms with van der Waals surface area (Å²) in [7, 11) is 0. The lowest BCUT2D eigenvalue weighted by molar-refractivity contribution is 0.428. The van der Waals surface area contributed by atoms with Crippen LogP contribution in [0.3, 0.4) is 0 Å². The lowest BCUT2D eigenvalue weighted by atomic mass is 9.82. The summed E-state index contributed by atoms with van der Waals surface area (Å²) in [6, 6.07) is 2.96. The first-order valence-corrected chi connectivity index (χ1v) is 4.62. The number of phenols is 2. The molecule has 3 nitrogen and oxygen atoms in total. The van der Waals surface area contributed by atoms with Crippen LogP contribution in [-0.4, -0.2) is 10.2 Å². The molecule has 1 aromatic carbocycles. The van der Waals surface area contributed by atoms with Gasteiger partial charge in [-0.15, -0.1) is 0 Å². The Kier molecular flexibility index (Phi) is 2.71. The highest BCUT2D eigenvalue weighted by molar-refractivity contribution is 5.50. The Balaban J connectivity index is 3.46. The Morgan fingerprint density at radius 1 is 1.14 bits per heavy atom. The van der Waals surface area contributed by atoms with Gasteiger partial charge in [0, 0.05) is 17.7 Å². The Hall–Kier alpha value is -1.22. The first-order chi connectivity index (χ1) is 6.38. The lowest BCUT2D eigenvalue weighted by Gasteiger charge is -2.24. The average molecular weight is 195 g/mol. The fourth-order valence-corrected chi connectivity index (χ4v) is 1.67. The van der Waals surface area contributed by atoms with E-state index in [1.165, 1.54) is 12.1 Å². The van der Waals surface area contributed by atoms with E-state index in [4.69, 9.17) is 5.73 Å². The van der Waals surface area contributed by atoms with Gasteiger partial charge in [-0.2, -0.15) is 0 Å². The van der Waals surface area contributed by atoms with E-state index in [9.17, 15) is 10.2 Å². The van der Waals surface area contributed by atoms with Crippen molar-refractivity contribution in [2.75, 3.05) is 0 Å². The molecule has 4 N–H and O–H groups in total. The zero-order valence-corrected chi connectivity index (χ0v) is 8.83. The van der Waals surface area contributed by atoms with Gasteiger partial charge < -0.3 is 15.9 Å². The van der Waals surface area contributed by atoms with Crippen LogP contribution in [-0.2, 0) is 12.0 Å². The van der Waals surface area contributed by atoms with Crippen LogP contribution in [0.2, 0.25) is 0 Å². The van der Waals surface area contributed by atoms with Gasteiger partial charge in [0.25, 0.3) is 0 Å². The van der Waals surface area contributed by atoms with Crippen LogP contribution in [0.15, 0.2) is 12.1 Å². The minimum atomic E-state index is -0.225. The molecule has 3 heteroatoms. The molecule has 0 saturated carbocycles. The average Bonchev–Trinajstić information content (AvgIpc) is 2.06. The topological polar surface area (TPSA) is 66.5 Å². The molecule has 14 heavy (non-hydrogen) atoms. The van der Waals surface area contributed by atoms with Crippen LogP contribution in [0, 0.1) is 0 Å². The maximum atomic E-state index is 9.72. The highest BCUT2D eigenvalue weighted by Gasteiger charge is 2.23. The number of benzene rings is 1. The van der Waals surface area contributed by atoms with Gasteiger partial charge in [0.1, 0.15) is 11.5 Å². The van der Waals surface area contributed by atoms with Crippen molar-refractivity contribution in [1.82, 2.24) is 0 Å². The van der Waals surface area contributed by atoms with E-state index in [1.807, 2.05) is 20.8 Å². The van der Waals surface area contributed by atoms with E-state index in [0.29, 0.717) is 5.56 Å². The largest absolute Gasteiger partial charge is 0.508 e. The van der Waals surface area contributed by atoms with Crippen LogP contribution in [0.5, 0.6) is 11.5 Å². The summed E-state index contributed by atoms with van der Waals surface area (Å²) >= 11 is 0. The van der Waals surface area contributed by atoms with Crippen LogP contribution in [0.25, 0.3) is 0 Å². The highest BCUT2D eigenvalue weighted by atomic mass is 16.3. The number of aromatic hydroxyl groups is 2. The lowest BCUT2D eigenvalue weighted by Crippen LogP contribution is -2.16. The summed E-state index contributed by atoms with van der Waals surface area (Å²) in [4.78, 5) is 0. The van der Waals surface area contributed by atoms with Crippen molar-refractivity contribution in [1.29, 1.82) is 0 Å². The third-order valence-electron chi connectivity index (χ3n) is 2.22. The molecule has 0 bridgehead atoms. The number of hydrogen-bond donors (Lipinski definition) is 3. The second-order valence-corrected chi connectivity index (χ2v) is 4.41. The van der Waals surface area contributed by atoms with Crippen LogP contribution in [0.1, 0.15) is 31.9 Å². The van der Waals surface area contributed by atoms with E-state index in [1.54, 1.807) is 0 Å². The summed E-state index contributed by atoms with van der Waals surface area (Å²) in [5.74, 6) is 0.339. The summed E-state index contributed by atoms with van der Waals surface area (Å²) < 4.78 is 0. The van der Waals surface area contributed by atoms with Crippen molar-refractivity contribution in [3.63, 3.8) is 0 Å². The first kappa shape index (κ1) is 10.9. The fraction of sp³-hybridized carbons (Fsp3) is 0.455. The van der Waals surface area contributed by atoms with Gasteiger partial charge in [-0.25, -0.2) is 0 Å². The van der Waals surface area contributed by atoms with Gasteiger partial charge in [-0.1, -0.05) is 20.8 Å². The number of rotatable bonds is 1. The minimum Gasteiger partial charge on any atom is -0.508 e. The molecule has 0 unspecified atom stereocenters. The van der Waals surface area contributed by atoms with Crippen LogP contribution in [0.4, 0.5) is 0 Å². The minimum absolute atomic E-state index is 0.148. The van der Waals surface area contributed by atoms with Crippen LogP contribution >= 0.6 is 0 Å². The molecule has 0 saturated heterocycles. The van der Waals surface area contributed by atoms with Crippen molar-refractivity contribution in [2.45, 2.75) is 32.7 Å². The van der Waals surface area contributed by atoms with Crippen molar-refractivity contribution in [3.05, 3.63) is 23.3 Å². The van der Waals surface area contributed by atoms with Gasteiger partial charge in [0.05, 0.1) is 0 Å². The molecule has 0 heterocycles. The maximum absolute atomic E-state index is 9.72. The summed E-state index contributed by atoms with van der Waals surface area (Å²) in [5, 5.41) is 19.3. The van der Waals surface area contributed by atoms with E-state index < -0.39 is 0 Å². The number of hydrogen-bond acceptors (Lipinski definition) is 3. The predicted molar refractivity (Wildman–Crippen MR) is 56.4 cm³/mol. The zero-order valence-electron chi connectivity index (χ0n) is 8.83. The molecule has 0 fully saturated rings. The molecule has 0 aliphatic carbocycles. The molecular formula is C11H17NO2. The molecule has 0 atom stereocenters. The molecule has 0 amide bonds. The molecule has 0 aromatic heterocycles. The SMILES string of the molecule is CC(C)(C)c1c(O)ccc(O)c1CN. The zero-order chi connectivity index (χ0) is 10.9. The molecule has 1 rings (SSSR count). The van der Waals surface area contributed by atoms with Crippen molar-refractivity contribution in [2.24, 2.45) is 5.73 Å². The van der Waals surface area contributed by atoms with Gasteiger partial charge in [-0.05, 0) is 17.5 Å². The molecule has 78 valence electrons. The Bertz CT molecular complexity index is 340. The smallest absolute Gasteiger partial charge is 0.120 e. The fourth-order valence-electron chi connectivity index (χ4n) is 1.67. The molecular weight excluding hydrogens is 178 g/mol. The first-order valence-electron chi connectivity index (χ1n) is 4.62. The third-order valence-corrected chi connectivity index (χ3v) is 2.22. The Morgan fingerprint density at radius 3 is 2.00 bits per heavy atom. The second-order valence-electron chi connectivity index (χ2n) is 4.41. The third kappa shape index (κ3) is 1.82. The van der Waals surface area contributed by atoms with E-state index in [2.05, 4.69) is 0 Å². The Morgan fingerprint density at radius 2 is 1.64 bits per heavy atom. The van der Waals surface area contributed by atoms with Gasteiger partial charge in [-0.3, -0.25) is 0 Å². The monoisotopic (exact) mass is 195 g/mol. The normalized spacial score (nSPS) is 11.7. The Labute approximate surface area is 84.2 Å². The van der Waals surface area contributed by atoms with Crippen LogP contribution < -0.4 is 5.73 Å². The second kappa shape index (κ2) is 3.50. The van der Waals surface area contributed by atoms with E-state index in [0.717, 1.165) is 5.56 Å². The summed E-state index contributed by atoms with van der Waals surface area (Å²) in [5.41, 5.74) is 6.67. The molecule has 0 radical (unpaired) electrons. The maximum Gasteiger partial charge on any atom is 0.120 e. The van der Waals surface area contributed by atoms with Gasteiger partial charge >= 0.3 is 0 Å². The standard InChI is InChI=1S/C11H17NO2/c1-11(2,3)10-7(6-12)8(13)4-5-9(10)14/h4-5,13-14H,6,12H2,1-3H3. The summed E-state index contributed by atoms with van der Waals surface area (Å²) in [6.07, 6.45) is 0.